The SMILES string of the molecule is NCCCN(Cc1ccn(C2CCCC2)n1)C1CCC1. The lowest BCUT2D eigenvalue weighted by molar-refractivity contribution is 0.117. The van der Waals surface area contributed by atoms with Gasteiger partial charge < -0.3 is 5.73 Å². The van der Waals surface area contributed by atoms with E-state index in [1.165, 1.54) is 50.6 Å². The van der Waals surface area contributed by atoms with E-state index >= 15 is 0 Å². The molecule has 0 aromatic carbocycles. The molecule has 3 rings (SSSR count). The predicted molar refractivity (Wildman–Crippen MR) is 81.5 cm³/mol. The molecule has 4 nitrogen and oxygen atoms in total. The van der Waals surface area contributed by atoms with Crippen molar-refractivity contribution in [2.75, 3.05) is 13.1 Å². The third-order valence-electron chi connectivity index (χ3n) is 4.97. The van der Waals surface area contributed by atoms with E-state index in [-0.39, 0.29) is 0 Å². The standard InChI is InChI=1S/C16H28N4/c17-10-4-11-19(15-7-3-8-15)13-14-9-12-20(18-14)16-5-1-2-6-16/h9,12,15-16H,1-8,10-11,13,17H2. The topological polar surface area (TPSA) is 47.1 Å². The fourth-order valence-corrected chi connectivity index (χ4v) is 3.48. The molecule has 0 saturated heterocycles. The zero-order valence-electron chi connectivity index (χ0n) is 12.5. The van der Waals surface area contributed by atoms with E-state index in [2.05, 4.69) is 21.8 Å². The monoisotopic (exact) mass is 276 g/mol. The first-order valence-corrected chi connectivity index (χ1v) is 8.35. The van der Waals surface area contributed by atoms with E-state index in [1.54, 1.807) is 0 Å². The van der Waals surface area contributed by atoms with Gasteiger partial charge in [-0.15, -0.1) is 0 Å². The van der Waals surface area contributed by atoms with Gasteiger partial charge in [-0.05, 0) is 44.7 Å². The normalized spacial score (nSPS) is 20.7. The van der Waals surface area contributed by atoms with Crippen molar-refractivity contribution in [3.8, 4) is 0 Å². The molecule has 2 aliphatic carbocycles. The maximum atomic E-state index is 5.67. The van der Waals surface area contributed by atoms with Gasteiger partial charge in [-0.2, -0.15) is 5.10 Å². The van der Waals surface area contributed by atoms with Gasteiger partial charge in [0.2, 0.25) is 0 Å². The van der Waals surface area contributed by atoms with E-state index in [9.17, 15) is 0 Å². The summed E-state index contributed by atoms with van der Waals surface area (Å²) in [7, 11) is 0. The summed E-state index contributed by atoms with van der Waals surface area (Å²) in [5.41, 5.74) is 6.91. The highest BCUT2D eigenvalue weighted by atomic mass is 15.3. The molecule has 2 aliphatic rings. The van der Waals surface area contributed by atoms with E-state index < -0.39 is 0 Å². The molecule has 1 heterocycles. The molecule has 112 valence electrons. The van der Waals surface area contributed by atoms with Crippen molar-refractivity contribution in [3.63, 3.8) is 0 Å². The van der Waals surface area contributed by atoms with E-state index in [0.29, 0.717) is 6.04 Å². The number of hydrogen-bond donors (Lipinski definition) is 1. The highest BCUT2D eigenvalue weighted by Gasteiger charge is 2.25. The van der Waals surface area contributed by atoms with Crippen LogP contribution in [0.1, 0.15) is 63.1 Å². The third-order valence-corrected chi connectivity index (χ3v) is 4.97. The first kappa shape index (κ1) is 14.1. The Labute approximate surface area is 122 Å². The molecule has 1 aromatic heterocycles. The van der Waals surface area contributed by atoms with E-state index in [0.717, 1.165) is 32.1 Å². The quantitative estimate of drug-likeness (QED) is 0.833. The largest absolute Gasteiger partial charge is 0.330 e. The molecule has 0 radical (unpaired) electrons. The Bertz CT molecular complexity index is 404. The number of nitrogens with zero attached hydrogens (tertiary/aromatic N) is 3. The first-order valence-electron chi connectivity index (χ1n) is 8.35. The average molecular weight is 276 g/mol. The van der Waals surface area contributed by atoms with Crippen molar-refractivity contribution >= 4 is 0 Å². The third kappa shape index (κ3) is 3.23. The number of nitrogens with two attached hydrogens (primary N) is 1. The van der Waals surface area contributed by atoms with E-state index in [1.807, 2.05) is 0 Å². The number of rotatable bonds is 7. The maximum absolute atomic E-state index is 5.67. The van der Waals surface area contributed by atoms with Crippen LogP contribution < -0.4 is 5.73 Å². The summed E-state index contributed by atoms with van der Waals surface area (Å²) in [6.07, 6.45) is 12.7. The highest BCUT2D eigenvalue weighted by Crippen LogP contribution is 2.29. The summed E-state index contributed by atoms with van der Waals surface area (Å²) in [6, 6.07) is 3.65. The second kappa shape index (κ2) is 6.72. The van der Waals surface area contributed by atoms with Gasteiger partial charge >= 0.3 is 0 Å². The number of hydrogen-bond acceptors (Lipinski definition) is 3. The van der Waals surface area contributed by atoms with Gasteiger partial charge in [0.25, 0.3) is 0 Å². The molecule has 20 heavy (non-hydrogen) atoms. The van der Waals surface area contributed by atoms with E-state index in [4.69, 9.17) is 10.8 Å². The van der Waals surface area contributed by atoms with Crippen molar-refractivity contribution < 1.29 is 0 Å². The van der Waals surface area contributed by atoms with Gasteiger partial charge in [-0.25, -0.2) is 0 Å². The molecule has 2 fully saturated rings. The van der Waals surface area contributed by atoms with Crippen LogP contribution in [0.3, 0.4) is 0 Å². The van der Waals surface area contributed by atoms with Crippen molar-refractivity contribution in [2.24, 2.45) is 5.73 Å². The lowest BCUT2D eigenvalue weighted by Gasteiger charge is -2.37. The van der Waals surface area contributed by atoms with Crippen molar-refractivity contribution in [2.45, 2.75) is 70.0 Å². The predicted octanol–water partition coefficient (Wildman–Crippen LogP) is 2.70. The summed E-state index contributed by atoms with van der Waals surface area (Å²) < 4.78 is 2.21. The molecule has 2 N–H and O–H groups in total. The van der Waals surface area contributed by atoms with Crippen LogP contribution in [0.25, 0.3) is 0 Å². The minimum absolute atomic E-state index is 0.657. The molecule has 1 aromatic rings. The highest BCUT2D eigenvalue weighted by molar-refractivity contribution is 5.01. The summed E-state index contributed by atoms with van der Waals surface area (Å²) in [5.74, 6) is 0. The van der Waals surface area contributed by atoms with Crippen LogP contribution >= 0.6 is 0 Å². The Morgan fingerprint density at radius 3 is 2.65 bits per heavy atom. The van der Waals surface area contributed by atoms with Crippen LogP contribution in [0.2, 0.25) is 0 Å². The molecule has 0 bridgehead atoms. The van der Waals surface area contributed by atoms with Gasteiger partial charge in [0, 0.05) is 25.3 Å². The van der Waals surface area contributed by atoms with Crippen LogP contribution in [-0.4, -0.2) is 33.8 Å². The molecule has 2 saturated carbocycles. The fourth-order valence-electron chi connectivity index (χ4n) is 3.48. The Kier molecular flexibility index (Phi) is 4.73. The second-order valence-corrected chi connectivity index (χ2v) is 6.42. The van der Waals surface area contributed by atoms with Crippen LogP contribution in [0.15, 0.2) is 12.3 Å². The number of aromatic nitrogens is 2. The smallest absolute Gasteiger partial charge is 0.0765 e. The molecule has 0 amide bonds. The van der Waals surface area contributed by atoms with Gasteiger partial charge in [-0.3, -0.25) is 9.58 Å². The zero-order valence-corrected chi connectivity index (χ0v) is 12.5. The van der Waals surface area contributed by atoms with Crippen LogP contribution in [0, 0.1) is 0 Å². The van der Waals surface area contributed by atoms with Crippen LogP contribution in [0.5, 0.6) is 0 Å². The summed E-state index contributed by atoms with van der Waals surface area (Å²) >= 11 is 0. The molecule has 4 heteroatoms. The van der Waals surface area contributed by atoms with Gasteiger partial charge in [0.15, 0.2) is 0 Å². The fraction of sp³-hybridized carbons (Fsp3) is 0.812. The van der Waals surface area contributed by atoms with Crippen LogP contribution in [-0.2, 0) is 6.54 Å². The molecular weight excluding hydrogens is 248 g/mol. The summed E-state index contributed by atoms with van der Waals surface area (Å²) in [6.45, 7) is 2.92. The Morgan fingerprint density at radius 2 is 2.00 bits per heavy atom. The lowest BCUT2D eigenvalue weighted by atomic mass is 9.91. The second-order valence-electron chi connectivity index (χ2n) is 6.42. The molecular formula is C16H28N4. The Hall–Kier alpha value is -0.870. The minimum Gasteiger partial charge on any atom is -0.330 e. The maximum Gasteiger partial charge on any atom is 0.0765 e. The van der Waals surface area contributed by atoms with Gasteiger partial charge in [0.1, 0.15) is 0 Å². The average Bonchev–Trinajstić information content (AvgIpc) is 3.04. The molecule has 0 spiro atoms. The van der Waals surface area contributed by atoms with Crippen LogP contribution in [0.4, 0.5) is 0 Å². The Balaban J connectivity index is 1.59. The molecule has 0 unspecified atom stereocenters. The molecule has 0 atom stereocenters. The summed E-state index contributed by atoms with van der Waals surface area (Å²) in [4.78, 5) is 2.59. The van der Waals surface area contributed by atoms with Gasteiger partial charge in [0.05, 0.1) is 11.7 Å². The van der Waals surface area contributed by atoms with Crippen molar-refractivity contribution in [1.82, 2.24) is 14.7 Å². The lowest BCUT2D eigenvalue weighted by Crippen LogP contribution is -2.40. The summed E-state index contributed by atoms with van der Waals surface area (Å²) in [5, 5.41) is 4.82. The minimum atomic E-state index is 0.657. The van der Waals surface area contributed by atoms with Crippen molar-refractivity contribution in [1.29, 1.82) is 0 Å². The van der Waals surface area contributed by atoms with Crippen molar-refractivity contribution in [3.05, 3.63) is 18.0 Å². The van der Waals surface area contributed by atoms with Gasteiger partial charge in [-0.1, -0.05) is 19.3 Å². The molecule has 0 aliphatic heterocycles. The first-order chi connectivity index (χ1) is 9.86. The Morgan fingerprint density at radius 1 is 1.20 bits per heavy atom. The zero-order chi connectivity index (χ0) is 13.8.